The molecular formula is C19H38N2. The zero-order chi connectivity index (χ0) is 16.1. The summed E-state index contributed by atoms with van der Waals surface area (Å²) >= 11 is 0. The Hall–Kier alpha value is -0.630. The summed E-state index contributed by atoms with van der Waals surface area (Å²) < 4.78 is 0. The molecule has 1 N–H and O–H groups in total. The number of hydrogen-bond acceptors (Lipinski definition) is 2. The van der Waals surface area contributed by atoms with Crippen molar-refractivity contribution in [1.29, 1.82) is 0 Å². The molecule has 0 aromatic heterocycles. The van der Waals surface area contributed by atoms with Gasteiger partial charge in [0.15, 0.2) is 0 Å². The third-order valence-corrected chi connectivity index (χ3v) is 4.34. The fraction of sp³-hybridized carbons (Fsp3) is 0.842. The monoisotopic (exact) mass is 294 g/mol. The average molecular weight is 295 g/mol. The van der Waals surface area contributed by atoms with Crippen molar-refractivity contribution >= 4 is 6.21 Å². The van der Waals surface area contributed by atoms with E-state index in [1.807, 2.05) is 27.7 Å². The molecule has 2 aliphatic rings. The number of aliphatic imine (C=N–C) groups is 1. The lowest BCUT2D eigenvalue weighted by molar-refractivity contribution is 0.346. The molecule has 0 bridgehead atoms. The van der Waals surface area contributed by atoms with Gasteiger partial charge in [-0.05, 0) is 63.5 Å². The lowest BCUT2D eigenvalue weighted by Gasteiger charge is -2.27. The molecular weight excluding hydrogens is 256 g/mol. The Morgan fingerprint density at radius 2 is 2.00 bits per heavy atom. The van der Waals surface area contributed by atoms with Crippen LogP contribution in [-0.2, 0) is 0 Å². The van der Waals surface area contributed by atoms with Gasteiger partial charge in [0.25, 0.3) is 0 Å². The van der Waals surface area contributed by atoms with Crippen LogP contribution < -0.4 is 5.32 Å². The van der Waals surface area contributed by atoms with Crippen molar-refractivity contribution in [2.75, 3.05) is 13.1 Å². The molecule has 2 nitrogen and oxygen atoms in total. The fourth-order valence-electron chi connectivity index (χ4n) is 3.07. The molecule has 2 unspecified atom stereocenters. The Morgan fingerprint density at radius 1 is 1.29 bits per heavy atom. The van der Waals surface area contributed by atoms with Gasteiger partial charge in [-0.1, -0.05) is 40.7 Å². The molecule has 0 spiro atoms. The second-order valence-electron chi connectivity index (χ2n) is 5.76. The van der Waals surface area contributed by atoms with Crippen molar-refractivity contribution < 1.29 is 0 Å². The van der Waals surface area contributed by atoms with Gasteiger partial charge < -0.3 is 5.32 Å². The first-order valence-corrected chi connectivity index (χ1v) is 9.18. The Bertz CT molecular complexity index is 299. The Kier molecular flexibility index (Phi) is 11.6. The highest BCUT2D eigenvalue weighted by atomic mass is 15.0. The lowest BCUT2D eigenvalue weighted by atomic mass is 9.84. The van der Waals surface area contributed by atoms with Gasteiger partial charge in [-0.25, -0.2) is 0 Å². The maximum absolute atomic E-state index is 4.42. The molecule has 2 atom stereocenters. The van der Waals surface area contributed by atoms with E-state index in [2.05, 4.69) is 36.4 Å². The maximum atomic E-state index is 4.42. The van der Waals surface area contributed by atoms with Crippen molar-refractivity contribution in [2.24, 2.45) is 10.9 Å². The minimum absolute atomic E-state index is 0.403. The van der Waals surface area contributed by atoms with Gasteiger partial charge in [0.05, 0.1) is 0 Å². The van der Waals surface area contributed by atoms with Gasteiger partial charge in [-0.2, -0.15) is 0 Å². The molecule has 2 heteroatoms. The first-order chi connectivity index (χ1) is 10.2. The smallest absolute Gasteiger partial charge is 0.0424 e. The van der Waals surface area contributed by atoms with Gasteiger partial charge >= 0.3 is 0 Å². The largest absolute Gasteiger partial charge is 0.312 e. The van der Waals surface area contributed by atoms with Crippen LogP contribution in [0.1, 0.15) is 80.1 Å². The second-order valence-corrected chi connectivity index (χ2v) is 5.76. The fourth-order valence-corrected chi connectivity index (χ4v) is 3.07. The predicted molar refractivity (Wildman–Crippen MR) is 97.4 cm³/mol. The zero-order valence-corrected chi connectivity index (χ0v) is 15.3. The first kappa shape index (κ1) is 20.4. The van der Waals surface area contributed by atoms with E-state index in [-0.39, 0.29) is 0 Å². The normalized spacial score (nSPS) is 25.1. The molecule has 2 rings (SSSR count). The van der Waals surface area contributed by atoms with Crippen molar-refractivity contribution in [2.45, 2.75) is 85.6 Å². The van der Waals surface area contributed by atoms with E-state index < -0.39 is 0 Å². The molecule has 0 aromatic carbocycles. The van der Waals surface area contributed by atoms with Crippen LogP contribution in [-0.4, -0.2) is 24.8 Å². The first-order valence-electron chi connectivity index (χ1n) is 9.18. The molecule has 124 valence electrons. The van der Waals surface area contributed by atoms with E-state index in [9.17, 15) is 0 Å². The molecule has 1 fully saturated rings. The molecule has 0 radical (unpaired) electrons. The Labute approximate surface area is 133 Å². The summed E-state index contributed by atoms with van der Waals surface area (Å²) in [7, 11) is 0. The molecule has 0 aliphatic carbocycles. The third-order valence-electron chi connectivity index (χ3n) is 4.34. The highest BCUT2D eigenvalue weighted by Gasteiger charge is 2.28. The van der Waals surface area contributed by atoms with Crippen LogP contribution in [0.25, 0.3) is 0 Å². The SMILES string of the molecule is CC.CC.CCC(CCC1(C)CCCN1)C1=CCCN=C1. The second kappa shape index (κ2) is 12.0. The van der Waals surface area contributed by atoms with Crippen molar-refractivity contribution in [3.63, 3.8) is 0 Å². The van der Waals surface area contributed by atoms with E-state index >= 15 is 0 Å². The van der Waals surface area contributed by atoms with E-state index in [4.69, 9.17) is 0 Å². The highest BCUT2D eigenvalue weighted by molar-refractivity contribution is 5.79. The van der Waals surface area contributed by atoms with Crippen LogP contribution in [0.2, 0.25) is 0 Å². The summed E-state index contributed by atoms with van der Waals surface area (Å²) in [6, 6.07) is 0. The van der Waals surface area contributed by atoms with Crippen molar-refractivity contribution in [1.82, 2.24) is 5.32 Å². The van der Waals surface area contributed by atoms with Gasteiger partial charge in [-0.15, -0.1) is 0 Å². The molecule has 0 aromatic rings. The summed E-state index contributed by atoms with van der Waals surface area (Å²) in [4.78, 5) is 4.42. The molecule has 21 heavy (non-hydrogen) atoms. The molecule has 0 saturated carbocycles. The summed E-state index contributed by atoms with van der Waals surface area (Å²) in [5.41, 5.74) is 1.89. The molecule has 2 heterocycles. The third kappa shape index (κ3) is 7.26. The number of nitrogens with zero attached hydrogens (tertiary/aromatic N) is 1. The van der Waals surface area contributed by atoms with Crippen LogP contribution in [0, 0.1) is 5.92 Å². The Balaban J connectivity index is 0.000000921. The minimum Gasteiger partial charge on any atom is -0.312 e. The molecule has 1 saturated heterocycles. The van der Waals surface area contributed by atoms with Gasteiger partial charge in [0, 0.05) is 18.3 Å². The number of allylic oxidation sites excluding steroid dienone is 1. The predicted octanol–water partition coefficient (Wildman–Crippen LogP) is 5.39. The van der Waals surface area contributed by atoms with E-state index in [0.29, 0.717) is 5.54 Å². The van der Waals surface area contributed by atoms with Gasteiger partial charge in [0.2, 0.25) is 0 Å². The van der Waals surface area contributed by atoms with E-state index in [0.717, 1.165) is 18.9 Å². The standard InChI is InChI=1S/C15H26N2.2C2H6/c1-3-13(14-6-4-10-16-12-14)7-9-15(2)8-5-11-17-15;2*1-2/h6,12-13,17H,3-5,7-11H2,1-2H3;2*1-2H3. The van der Waals surface area contributed by atoms with Crippen molar-refractivity contribution in [3.8, 4) is 0 Å². The van der Waals surface area contributed by atoms with E-state index in [1.54, 1.807) is 0 Å². The minimum atomic E-state index is 0.403. The van der Waals surface area contributed by atoms with Crippen LogP contribution in [0.15, 0.2) is 16.6 Å². The van der Waals surface area contributed by atoms with Gasteiger partial charge in [-0.3, -0.25) is 4.99 Å². The maximum Gasteiger partial charge on any atom is 0.0424 e. The number of nitrogens with one attached hydrogen (secondary N) is 1. The van der Waals surface area contributed by atoms with Crippen LogP contribution >= 0.6 is 0 Å². The Morgan fingerprint density at radius 3 is 2.48 bits per heavy atom. The summed E-state index contributed by atoms with van der Waals surface area (Å²) in [5.74, 6) is 0.721. The molecule has 0 amide bonds. The summed E-state index contributed by atoms with van der Waals surface area (Å²) in [6.45, 7) is 14.9. The lowest BCUT2D eigenvalue weighted by Crippen LogP contribution is -2.36. The number of rotatable bonds is 5. The van der Waals surface area contributed by atoms with Crippen LogP contribution in [0.4, 0.5) is 0 Å². The number of dihydropyridines is 1. The zero-order valence-electron chi connectivity index (χ0n) is 15.3. The summed E-state index contributed by atoms with van der Waals surface area (Å²) in [6.07, 6.45) is 12.2. The van der Waals surface area contributed by atoms with Crippen LogP contribution in [0.5, 0.6) is 0 Å². The highest BCUT2D eigenvalue weighted by Crippen LogP contribution is 2.29. The molecule has 2 aliphatic heterocycles. The average Bonchev–Trinajstić information content (AvgIpc) is 3.00. The topological polar surface area (TPSA) is 24.4 Å². The number of hydrogen-bond donors (Lipinski definition) is 1. The summed E-state index contributed by atoms with van der Waals surface area (Å²) in [5, 5.41) is 3.66. The van der Waals surface area contributed by atoms with Crippen LogP contribution in [0.3, 0.4) is 0 Å². The van der Waals surface area contributed by atoms with Gasteiger partial charge in [0.1, 0.15) is 0 Å². The van der Waals surface area contributed by atoms with Crippen molar-refractivity contribution in [3.05, 3.63) is 11.6 Å². The van der Waals surface area contributed by atoms with E-state index in [1.165, 1.54) is 44.2 Å². The quantitative estimate of drug-likeness (QED) is 0.722.